The number of nitrogens with zero attached hydrogens (tertiary/aromatic N) is 1. The van der Waals surface area contributed by atoms with E-state index in [1.54, 1.807) is 39.1 Å². The van der Waals surface area contributed by atoms with Crippen LogP contribution < -0.4 is 5.32 Å². The fourth-order valence-electron chi connectivity index (χ4n) is 2.27. The maximum Gasteiger partial charge on any atom is 0.338 e. The van der Waals surface area contributed by atoms with Gasteiger partial charge in [0.25, 0.3) is 0 Å². The fraction of sp³-hybridized carbons (Fsp3) is 0.333. The van der Waals surface area contributed by atoms with Crippen LogP contribution in [0.5, 0.6) is 5.75 Å². The number of allylic oxidation sites excluding steroid dienone is 1. The predicted molar refractivity (Wildman–Crippen MR) is 76.5 cm³/mol. The molecule has 1 heterocycles. The van der Waals surface area contributed by atoms with Crippen molar-refractivity contribution in [2.45, 2.75) is 19.9 Å². The average molecular weight is 290 g/mol. The Kier molecular flexibility index (Phi) is 4.16. The molecule has 2 N–H and O–H groups in total. The first-order chi connectivity index (χ1) is 9.97. The van der Waals surface area contributed by atoms with Crippen LogP contribution in [0.25, 0.3) is 0 Å². The van der Waals surface area contributed by atoms with Crippen molar-refractivity contribution in [3.8, 4) is 5.75 Å². The first-order valence-electron chi connectivity index (χ1n) is 6.67. The highest BCUT2D eigenvalue weighted by molar-refractivity contribution is 5.95. The molecule has 6 nitrogen and oxygen atoms in total. The molecule has 1 aromatic carbocycles. The van der Waals surface area contributed by atoms with Gasteiger partial charge in [0, 0.05) is 18.3 Å². The molecule has 1 atom stereocenters. The van der Waals surface area contributed by atoms with E-state index < -0.39 is 12.0 Å². The van der Waals surface area contributed by atoms with Gasteiger partial charge in [-0.1, -0.05) is 18.2 Å². The number of phenolic OH excluding ortho intramolecular Hbond substituents is 1. The first-order valence-corrected chi connectivity index (χ1v) is 6.67. The first kappa shape index (κ1) is 14.9. The third-order valence-corrected chi connectivity index (χ3v) is 3.50. The van der Waals surface area contributed by atoms with Crippen molar-refractivity contribution < 1.29 is 19.4 Å². The van der Waals surface area contributed by atoms with Crippen LogP contribution in [0.1, 0.15) is 25.5 Å². The summed E-state index contributed by atoms with van der Waals surface area (Å²) in [5.74, 6) is -0.489. The molecular formula is C15H18N2O4. The van der Waals surface area contributed by atoms with E-state index in [9.17, 15) is 14.7 Å². The third kappa shape index (κ3) is 2.69. The van der Waals surface area contributed by atoms with E-state index in [4.69, 9.17) is 4.74 Å². The van der Waals surface area contributed by atoms with Gasteiger partial charge in [-0.3, -0.25) is 0 Å². The number of carbonyl (C=O) groups excluding carboxylic acids is 2. The number of esters is 1. The van der Waals surface area contributed by atoms with Gasteiger partial charge in [-0.15, -0.1) is 0 Å². The molecule has 21 heavy (non-hydrogen) atoms. The zero-order valence-corrected chi connectivity index (χ0v) is 12.2. The van der Waals surface area contributed by atoms with Crippen molar-refractivity contribution in [1.82, 2.24) is 10.2 Å². The van der Waals surface area contributed by atoms with Gasteiger partial charge in [-0.25, -0.2) is 9.59 Å². The van der Waals surface area contributed by atoms with Crippen LogP contribution in [0, 0.1) is 0 Å². The number of carbonyl (C=O) groups is 2. The summed E-state index contributed by atoms with van der Waals surface area (Å²) in [5.41, 5.74) is 1.28. The second kappa shape index (κ2) is 5.87. The maximum absolute atomic E-state index is 12.2. The molecule has 0 radical (unpaired) electrons. The van der Waals surface area contributed by atoms with E-state index >= 15 is 0 Å². The number of urea groups is 1. The molecule has 112 valence electrons. The van der Waals surface area contributed by atoms with E-state index in [2.05, 4.69) is 5.32 Å². The van der Waals surface area contributed by atoms with E-state index in [-0.39, 0.29) is 18.4 Å². The van der Waals surface area contributed by atoms with Gasteiger partial charge in [0.2, 0.25) is 0 Å². The van der Waals surface area contributed by atoms with Crippen LogP contribution in [0.15, 0.2) is 35.5 Å². The summed E-state index contributed by atoms with van der Waals surface area (Å²) in [4.78, 5) is 25.5. The Morgan fingerprint density at radius 2 is 2.10 bits per heavy atom. The summed E-state index contributed by atoms with van der Waals surface area (Å²) in [6.07, 6.45) is 0. The number of benzene rings is 1. The normalized spacial score (nSPS) is 18.5. The molecule has 1 aromatic rings. The lowest BCUT2D eigenvalue weighted by Gasteiger charge is -2.33. The van der Waals surface area contributed by atoms with E-state index in [1.165, 1.54) is 11.0 Å². The smallest absolute Gasteiger partial charge is 0.338 e. The quantitative estimate of drug-likeness (QED) is 0.834. The molecule has 1 aliphatic heterocycles. The average Bonchev–Trinajstić information content (AvgIpc) is 2.45. The Morgan fingerprint density at radius 3 is 2.71 bits per heavy atom. The van der Waals surface area contributed by atoms with E-state index in [0.717, 1.165) is 0 Å². The number of hydrogen-bond donors (Lipinski definition) is 2. The van der Waals surface area contributed by atoms with Gasteiger partial charge >= 0.3 is 12.0 Å². The van der Waals surface area contributed by atoms with Crippen molar-refractivity contribution in [3.05, 3.63) is 41.1 Å². The Morgan fingerprint density at radius 1 is 1.43 bits per heavy atom. The lowest BCUT2D eigenvalue weighted by molar-refractivity contribution is -0.139. The standard InChI is InChI=1S/C15H18N2O4/c1-4-21-14(19)12-9(2)17(3)15(20)16-13(12)10-7-5-6-8-11(10)18/h5-8,13,18H,4H2,1-3H3,(H,16,20)/t13-/m1/s1. The van der Waals surface area contributed by atoms with Gasteiger partial charge in [-0.05, 0) is 19.9 Å². The second-order valence-electron chi connectivity index (χ2n) is 4.72. The summed E-state index contributed by atoms with van der Waals surface area (Å²) in [6.45, 7) is 3.63. The molecule has 0 aromatic heterocycles. The van der Waals surface area contributed by atoms with Crippen LogP contribution >= 0.6 is 0 Å². The monoisotopic (exact) mass is 290 g/mol. The summed E-state index contributed by atoms with van der Waals surface area (Å²) < 4.78 is 5.07. The number of aromatic hydroxyl groups is 1. The van der Waals surface area contributed by atoms with E-state index in [1.807, 2.05) is 0 Å². The van der Waals surface area contributed by atoms with Crippen LogP contribution in [0.3, 0.4) is 0 Å². The predicted octanol–water partition coefficient (Wildman–Crippen LogP) is 1.93. The van der Waals surface area contributed by atoms with Gasteiger partial charge in [0.1, 0.15) is 5.75 Å². The van der Waals surface area contributed by atoms with Crippen molar-refractivity contribution in [2.75, 3.05) is 13.7 Å². The molecule has 0 fully saturated rings. The number of hydrogen-bond acceptors (Lipinski definition) is 4. The molecule has 2 rings (SSSR count). The Bertz CT molecular complexity index is 609. The SMILES string of the molecule is CCOC(=O)C1=C(C)N(C)C(=O)N[C@@H]1c1ccccc1O. The fourth-order valence-corrected chi connectivity index (χ4v) is 2.27. The Hall–Kier alpha value is -2.50. The minimum atomic E-state index is -0.728. The zero-order chi connectivity index (χ0) is 15.6. The molecule has 0 unspecified atom stereocenters. The zero-order valence-electron chi connectivity index (χ0n) is 12.2. The van der Waals surface area contributed by atoms with Crippen LogP contribution in [-0.2, 0) is 9.53 Å². The number of para-hydroxylation sites is 1. The summed E-state index contributed by atoms with van der Waals surface area (Å²) in [6, 6.07) is 5.52. The maximum atomic E-state index is 12.2. The molecule has 1 aliphatic rings. The number of phenols is 1. The number of amides is 2. The molecular weight excluding hydrogens is 272 g/mol. The van der Waals surface area contributed by atoms with Gasteiger partial charge in [0.15, 0.2) is 0 Å². The highest BCUT2D eigenvalue weighted by Gasteiger charge is 2.35. The lowest BCUT2D eigenvalue weighted by atomic mass is 9.94. The third-order valence-electron chi connectivity index (χ3n) is 3.50. The highest BCUT2D eigenvalue weighted by atomic mass is 16.5. The van der Waals surface area contributed by atoms with Crippen LogP contribution in [0.2, 0.25) is 0 Å². The Balaban J connectivity index is 2.54. The van der Waals surface area contributed by atoms with Gasteiger partial charge in [-0.2, -0.15) is 0 Å². The van der Waals surface area contributed by atoms with E-state index in [0.29, 0.717) is 16.8 Å². The van der Waals surface area contributed by atoms with Crippen molar-refractivity contribution >= 4 is 12.0 Å². The van der Waals surface area contributed by atoms with Crippen molar-refractivity contribution in [2.24, 2.45) is 0 Å². The largest absolute Gasteiger partial charge is 0.508 e. The van der Waals surface area contributed by atoms with Gasteiger partial charge in [0.05, 0.1) is 18.2 Å². The second-order valence-corrected chi connectivity index (χ2v) is 4.72. The minimum Gasteiger partial charge on any atom is -0.508 e. The number of rotatable bonds is 3. The molecule has 2 amide bonds. The van der Waals surface area contributed by atoms with Gasteiger partial charge < -0.3 is 20.1 Å². The molecule has 6 heteroatoms. The number of ether oxygens (including phenoxy) is 1. The summed E-state index contributed by atoms with van der Waals surface area (Å²) >= 11 is 0. The highest BCUT2D eigenvalue weighted by Crippen LogP contribution is 2.34. The molecule has 0 saturated heterocycles. The molecule has 0 spiro atoms. The lowest BCUT2D eigenvalue weighted by Crippen LogP contribution is -2.46. The van der Waals surface area contributed by atoms with Crippen molar-refractivity contribution in [1.29, 1.82) is 0 Å². The molecule has 0 aliphatic carbocycles. The Labute approximate surface area is 123 Å². The summed E-state index contributed by atoms with van der Waals surface area (Å²) in [7, 11) is 1.57. The topological polar surface area (TPSA) is 78.9 Å². The van der Waals surface area contributed by atoms with Crippen LogP contribution in [0.4, 0.5) is 4.79 Å². The van der Waals surface area contributed by atoms with Crippen LogP contribution in [-0.4, -0.2) is 35.7 Å². The minimum absolute atomic E-state index is 0.0157. The molecule has 0 bridgehead atoms. The summed E-state index contributed by atoms with van der Waals surface area (Å²) in [5, 5.41) is 12.7. The molecule has 0 saturated carbocycles. The number of nitrogens with one attached hydrogen (secondary N) is 1. The van der Waals surface area contributed by atoms with Crippen molar-refractivity contribution in [3.63, 3.8) is 0 Å².